The number of aryl methyl sites for hydroxylation is 1. The molecule has 0 N–H and O–H groups in total. The maximum atomic E-state index is 12.9. The number of para-hydroxylation sites is 2. The lowest BCUT2D eigenvalue weighted by molar-refractivity contribution is -0.135. The lowest BCUT2D eigenvalue weighted by Gasteiger charge is -2.28. The van der Waals surface area contributed by atoms with Gasteiger partial charge in [-0.1, -0.05) is 12.1 Å². The average Bonchev–Trinajstić information content (AvgIpc) is 3.22. The van der Waals surface area contributed by atoms with Crippen LogP contribution in [-0.4, -0.2) is 50.5 Å². The van der Waals surface area contributed by atoms with E-state index in [0.717, 1.165) is 10.4 Å². The smallest absolute Gasteiger partial charge is 0.261 e. The maximum Gasteiger partial charge on any atom is 0.261 e. The molecule has 1 aromatic carbocycles. The molecule has 1 saturated heterocycles. The van der Waals surface area contributed by atoms with Crippen LogP contribution in [0.1, 0.15) is 16.9 Å². The molecule has 0 bridgehead atoms. The molecule has 1 aromatic heterocycles. The van der Waals surface area contributed by atoms with Crippen LogP contribution in [0.25, 0.3) is 0 Å². The van der Waals surface area contributed by atoms with E-state index < -0.39 is 9.84 Å². The van der Waals surface area contributed by atoms with E-state index in [1.54, 1.807) is 41.5 Å². The summed E-state index contributed by atoms with van der Waals surface area (Å²) in [5.41, 5.74) is 1.10. The van der Waals surface area contributed by atoms with Crippen molar-refractivity contribution in [3.63, 3.8) is 0 Å². The summed E-state index contributed by atoms with van der Waals surface area (Å²) >= 11 is 1.57. The number of rotatable bonds is 7. The Balaban J connectivity index is 1.75. The third-order valence-corrected chi connectivity index (χ3v) is 7.43. The fourth-order valence-electron chi connectivity index (χ4n) is 3.12. The van der Waals surface area contributed by atoms with Crippen molar-refractivity contribution < 1.29 is 22.7 Å². The summed E-state index contributed by atoms with van der Waals surface area (Å²) < 4.78 is 34.7. The molecule has 8 heteroatoms. The first-order valence-electron chi connectivity index (χ1n) is 8.68. The summed E-state index contributed by atoms with van der Waals surface area (Å²) in [6.07, 6.45) is 0.465. The van der Waals surface area contributed by atoms with Crippen LogP contribution in [0, 0.1) is 6.92 Å². The Morgan fingerprint density at radius 3 is 2.59 bits per heavy atom. The Kier molecular flexibility index (Phi) is 6.06. The van der Waals surface area contributed by atoms with Crippen LogP contribution in [0.3, 0.4) is 0 Å². The number of carbonyl (C=O) groups excluding carboxylic acids is 1. The SMILES string of the molecule is COc1ccccc1OCC(=O)N(Cc1sccc1C)[C@H]1CCS(=O)(=O)C1. The van der Waals surface area contributed by atoms with Crippen LogP contribution in [0.2, 0.25) is 0 Å². The first-order chi connectivity index (χ1) is 12.9. The molecule has 0 aliphatic carbocycles. The molecule has 0 unspecified atom stereocenters. The van der Waals surface area contributed by atoms with Gasteiger partial charge in [-0.25, -0.2) is 8.42 Å². The molecule has 3 rings (SSSR count). The molecule has 1 fully saturated rings. The van der Waals surface area contributed by atoms with Crippen LogP contribution < -0.4 is 9.47 Å². The van der Waals surface area contributed by atoms with Crippen molar-refractivity contribution in [3.05, 3.63) is 46.2 Å². The van der Waals surface area contributed by atoms with E-state index in [2.05, 4.69) is 0 Å². The normalized spacial score (nSPS) is 18.2. The zero-order chi connectivity index (χ0) is 19.4. The van der Waals surface area contributed by atoms with Gasteiger partial charge in [0.05, 0.1) is 25.2 Å². The van der Waals surface area contributed by atoms with Crippen molar-refractivity contribution in [1.29, 1.82) is 0 Å². The van der Waals surface area contributed by atoms with Gasteiger partial charge in [-0.15, -0.1) is 11.3 Å². The van der Waals surface area contributed by atoms with Crippen molar-refractivity contribution in [3.8, 4) is 11.5 Å². The highest BCUT2D eigenvalue weighted by atomic mass is 32.2. The first kappa shape index (κ1) is 19.7. The van der Waals surface area contributed by atoms with Gasteiger partial charge in [0.15, 0.2) is 27.9 Å². The van der Waals surface area contributed by atoms with Crippen LogP contribution in [0.5, 0.6) is 11.5 Å². The van der Waals surface area contributed by atoms with E-state index in [4.69, 9.17) is 9.47 Å². The molecule has 6 nitrogen and oxygen atoms in total. The van der Waals surface area contributed by atoms with E-state index in [1.807, 2.05) is 24.4 Å². The molecule has 1 aliphatic rings. The lowest BCUT2D eigenvalue weighted by Crippen LogP contribution is -2.43. The summed E-state index contributed by atoms with van der Waals surface area (Å²) in [5, 5.41) is 1.98. The third kappa shape index (κ3) is 4.81. The Morgan fingerprint density at radius 2 is 2.00 bits per heavy atom. The number of thiophene rings is 1. The second-order valence-electron chi connectivity index (χ2n) is 6.54. The second-order valence-corrected chi connectivity index (χ2v) is 9.77. The quantitative estimate of drug-likeness (QED) is 0.703. The Labute approximate surface area is 163 Å². The topological polar surface area (TPSA) is 72.9 Å². The highest BCUT2D eigenvalue weighted by Gasteiger charge is 2.35. The van der Waals surface area contributed by atoms with Gasteiger partial charge in [0.1, 0.15) is 0 Å². The van der Waals surface area contributed by atoms with Gasteiger partial charge in [-0.05, 0) is 42.5 Å². The van der Waals surface area contributed by atoms with Gasteiger partial charge in [-0.2, -0.15) is 0 Å². The predicted octanol–water partition coefficient (Wildman–Crippen LogP) is 2.66. The van der Waals surface area contributed by atoms with Gasteiger partial charge in [-0.3, -0.25) is 4.79 Å². The molecule has 2 heterocycles. The van der Waals surface area contributed by atoms with E-state index in [-0.39, 0.29) is 30.1 Å². The lowest BCUT2D eigenvalue weighted by atomic mass is 10.2. The standard InChI is InChI=1S/C19H23NO5S2/c1-14-7-9-26-18(14)11-20(15-8-10-27(22,23)13-15)19(21)12-25-17-6-4-3-5-16(17)24-2/h3-7,9,15H,8,10-13H2,1-2H3/t15-/m0/s1. The molecule has 146 valence electrons. The summed E-state index contributed by atoms with van der Waals surface area (Å²) in [6.45, 7) is 2.23. The molecule has 27 heavy (non-hydrogen) atoms. The number of methoxy groups -OCH3 is 1. The Bertz CT molecular complexity index is 906. The number of nitrogens with zero attached hydrogens (tertiary/aromatic N) is 1. The number of benzene rings is 1. The number of hydrogen-bond donors (Lipinski definition) is 0. The maximum absolute atomic E-state index is 12.9. The highest BCUT2D eigenvalue weighted by Crippen LogP contribution is 2.27. The minimum Gasteiger partial charge on any atom is -0.493 e. The molecular weight excluding hydrogens is 386 g/mol. The summed E-state index contributed by atoms with van der Waals surface area (Å²) in [5.74, 6) is 0.945. The fraction of sp³-hybridized carbons (Fsp3) is 0.421. The van der Waals surface area contributed by atoms with Crippen molar-refractivity contribution in [1.82, 2.24) is 4.90 Å². The van der Waals surface area contributed by atoms with E-state index in [0.29, 0.717) is 24.5 Å². The monoisotopic (exact) mass is 409 g/mol. The Hall–Kier alpha value is -2.06. The third-order valence-electron chi connectivity index (χ3n) is 4.67. The van der Waals surface area contributed by atoms with Crippen LogP contribution in [-0.2, 0) is 21.2 Å². The van der Waals surface area contributed by atoms with E-state index >= 15 is 0 Å². The van der Waals surface area contributed by atoms with Gasteiger partial charge < -0.3 is 14.4 Å². The van der Waals surface area contributed by atoms with Gasteiger partial charge in [0.25, 0.3) is 5.91 Å². The van der Waals surface area contributed by atoms with Crippen molar-refractivity contribution in [2.24, 2.45) is 0 Å². The molecule has 0 saturated carbocycles. The highest BCUT2D eigenvalue weighted by molar-refractivity contribution is 7.91. The zero-order valence-electron chi connectivity index (χ0n) is 15.4. The number of ether oxygens (including phenoxy) is 2. The van der Waals surface area contributed by atoms with Gasteiger partial charge >= 0.3 is 0 Å². The molecule has 0 radical (unpaired) electrons. The summed E-state index contributed by atoms with van der Waals surface area (Å²) in [6, 6.07) is 8.81. The molecule has 0 spiro atoms. The minimum absolute atomic E-state index is 0.0117. The average molecular weight is 410 g/mol. The molecule has 1 atom stereocenters. The molecule has 1 aliphatic heterocycles. The van der Waals surface area contributed by atoms with E-state index in [9.17, 15) is 13.2 Å². The van der Waals surface area contributed by atoms with Gasteiger partial charge in [0.2, 0.25) is 0 Å². The second kappa shape index (κ2) is 8.31. The largest absolute Gasteiger partial charge is 0.493 e. The number of hydrogen-bond acceptors (Lipinski definition) is 6. The predicted molar refractivity (Wildman–Crippen MR) is 105 cm³/mol. The number of amides is 1. The molecular formula is C19H23NO5S2. The molecule has 1 amide bonds. The van der Waals surface area contributed by atoms with Crippen molar-refractivity contribution in [2.75, 3.05) is 25.2 Å². The first-order valence-corrected chi connectivity index (χ1v) is 11.4. The van der Waals surface area contributed by atoms with Crippen molar-refractivity contribution >= 4 is 27.1 Å². The van der Waals surface area contributed by atoms with Crippen LogP contribution in [0.4, 0.5) is 0 Å². The Morgan fingerprint density at radius 1 is 1.26 bits per heavy atom. The summed E-state index contributed by atoms with van der Waals surface area (Å²) in [4.78, 5) is 15.6. The van der Waals surface area contributed by atoms with Crippen LogP contribution in [0.15, 0.2) is 35.7 Å². The van der Waals surface area contributed by atoms with Crippen LogP contribution >= 0.6 is 11.3 Å². The number of sulfone groups is 1. The molecule has 2 aromatic rings. The number of carbonyl (C=O) groups is 1. The minimum atomic E-state index is -3.09. The van der Waals surface area contributed by atoms with Crippen molar-refractivity contribution in [2.45, 2.75) is 25.9 Å². The fourth-order valence-corrected chi connectivity index (χ4v) is 5.76. The van der Waals surface area contributed by atoms with E-state index in [1.165, 1.54) is 0 Å². The zero-order valence-corrected chi connectivity index (χ0v) is 17.0. The summed E-state index contributed by atoms with van der Waals surface area (Å²) in [7, 11) is -1.55. The van der Waals surface area contributed by atoms with Gasteiger partial charge in [0, 0.05) is 10.9 Å².